The van der Waals surface area contributed by atoms with E-state index in [0.717, 1.165) is 18.9 Å². The Morgan fingerprint density at radius 2 is 2.05 bits per heavy atom. The molecule has 0 unspecified atom stereocenters. The van der Waals surface area contributed by atoms with Crippen LogP contribution in [0.2, 0.25) is 0 Å². The van der Waals surface area contributed by atoms with Crippen molar-refractivity contribution in [3.05, 3.63) is 12.4 Å². The lowest BCUT2D eigenvalue weighted by Crippen LogP contribution is -2.41. The molecule has 0 aliphatic carbocycles. The molecule has 6 nitrogen and oxygen atoms in total. The lowest BCUT2D eigenvalue weighted by atomic mass is 10.1. The maximum atomic E-state index is 11.6. The number of methoxy groups -OCH3 is 1. The smallest absolute Gasteiger partial charge is 0.330 e. The molecule has 2 rings (SSSR count). The zero-order chi connectivity index (χ0) is 13.9. The number of esters is 1. The maximum absolute atomic E-state index is 11.6. The molecule has 0 atom stereocenters. The molecule has 1 aromatic heterocycles. The predicted octanol–water partition coefficient (Wildman–Crippen LogP) is 1.44. The lowest BCUT2D eigenvalue weighted by molar-refractivity contribution is -0.144. The molecule has 0 saturated carbocycles. The van der Waals surface area contributed by atoms with Gasteiger partial charge in [-0.1, -0.05) is 0 Å². The molecule has 6 heteroatoms. The minimum absolute atomic E-state index is 0.325. The van der Waals surface area contributed by atoms with Gasteiger partial charge in [-0.05, 0) is 26.7 Å². The SMILES string of the molecule is COC(=O)C(C)(C)Nc1cc(N2CCCC2)ncn1. The first-order valence-corrected chi connectivity index (χ1v) is 6.46. The molecule has 1 fully saturated rings. The number of nitrogens with one attached hydrogen (secondary N) is 1. The molecule has 19 heavy (non-hydrogen) atoms. The molecule has 1 saturated heterocycles. The van der Waals surface area contributed by atoms with Crippen molar-refractivity contribution >= 4 is 17.6 Å². The maximum Gasteiger partial charge on any atom is 0.330 e. The van der Waals surface area contributed by atoms with Gasteiger partial charge in [-0.15, -0.1) is 0 Å². The molecule has 1 N–H and O–H groups in total. The third-order valence-electron chi connectivity index (χ3n) is 3.22. The van der Waals surface area contributed by atoms with Crippen LogP contribution in [-0.2, 0) is 9.53 Å². The zero-order valence-corrected chi connectivity index (χ0v) is 11.6. The van der Waals surface area contributed by atoms with E-state index in [1.54, 1.807) is 13.8 Å². The number of ether oxygens (including phenoxy) is 1. The number of hydrogen-bond acceptors (Lipinski definition) is 6. The zero-order valence-electron chi connectivity index (χ0n) is 11.6. The molecule has 1 aliphatic heterocycles. The number of aromatic nitrogens is 2. The Balaban J connectivity index is 2.12. The van der Waals surface area contributed by atoms with Crippen molar-refractivity contribution in [2.24, 2.45) is 0 Å². The van der Waals surface area contributed by atoms with Gasteiger partial charge >= 0.3 is 5.97 Å². The first-order valence-electron chi connectivity index (χ1n) is 6.46. The number of hydrogen-bond donors (Lipinski definition) is 1. The minimum Gasteiger partial charge on any atom is -0.467 e. The highest BCUT2D eigenvalue weighted by Crippen LogP contribution is 2.21. The van der Waals surface area contributed by atoms with Crippen molar-refractivity contribution in [2.45, 2.75) is 32.2 Å². The lowest BCUT2D eigenvalue weighted by Gasteiger charge is -2.24. The molecule has 0 amide bonds. The summed E-state index contributed by atoms with van der Waals surface area (Å²) in [6, 6.07) is 1.87. The Morgan fingerprint density at radius 1 is 1.37 bits per heavy atom. The quantitative estimate of drug-likeness (QED) is 0.830. The minimum atomic E-state index is -0.814. The largest absolute Gasteiger partial charge is 0.467 e. The predicted molar refractivity (Wildman–Crippen MR) is 73.2 cm³/mol. The Morgan fingerprint density at radius 3 is 2.68 bits per heavy atom. The fourth-order valence-electron chi connectivity index (χ4n) is 2.16. The van der Waals surface area contributed by atoms with Crippen LogP contribution in [0.4, 0.5) is 11.6 Å². The van der Waals surface area contributed by atoms with E-state index < -0.39 is 5.54 Å². The molecular weight excluding hydrogens is 244 g/mol. The fourth-order valence-corrected chi connectivity index (χ4v) is 2.16. The Hall–Kier alpha value is -1.85. The van der Waals surface area contributed by atoms with Crippen LogP contribution >= 0.6 is 0 Å². The van der Waals surface area contributed by atoms with Crippen LogP contribution < -0.4 is 10.2 Å². The molecule has 1 aliphatic rings. The van der Waals surface area contributed by atoms with Crippen molar-refractivity contribution < 1.29 is 9.53 Å². The van der Waals surface area contributed by atoms with E-state index in [1.165, 1.54) is 26.3 Å². The van der Waals surface area contributed by atoms with Crippen LogP contribution in [0.1, 0.15) is 26.7 Å². The van der Waals surface area contributed by atoms with E-state index >= 15 is 0 Å². The average Bonchev–Trinajstić information content (AvgIpc) is 2.91. The van der Waals surface area contributed by atoms with Gasteiger partial charge in [0.2, 0.25) is 0 Å². The average molecular weight is 264 g/mol. The highest BCUT2D eigenvalue weighted by Gasteiger charge is 2.29. The van der Waals surface area contributed by atoms with Crippen molar-refractivity contribution in [2.75, 3.05) is 30.4 Å². The van der Waals surface area contributed by atoms with Crippen molar-refractivity contribution in [3.63, 3.8) is 0 Å². The molecule has 0 aromatic carbocycles. The molecule has 2 heterocycles. The first kappa shape index (κ1) is 13.6. The summed E-state index contributed by atoms with van der Waals surface area (Å²) in [5, 5.41) is 3.08. The van der Waals surface area contributed by atoms with Gasteiger partial charge in [-0.2, -0.15) is 0 Å². The molecule has 104 valence electrons. The van der Waals surface area contributed by atoms with Crippen LogP contribution in [0.5, 0.6) is 0 Å². The normalized spacial score (nSPS) is 15.4. The van der Waals surface area contributed by atoms with Crippen LogP contribution in [0, 0.1) is 0 Å². The van der Waals surface area contributed by atoms with Crippen molar-refractivity contribution in [3.8, 4) is 0 Å². The number of carbonyl (C=O) groups is 1. The van der Waals surface area contributed by atoms with E-state index in [1.807, 2.05) is 6.07 Å². The van der Waals surface area contributed by atoms with Gasteiger partial charge in [-0.25, -0.2) is 14.8 Å². The van der Waals surface area contributed by atoms with Gasteiger partial charge in [-0.3, -0.25) is 0 Å². The van der Waals surface area contributed by atoms with Crippen molar-refractivity contribution in [1.82, 2.24) is 9.97 Å². The van der Waals surface area contributed by atoms with E-state index in [-0.39, 0.29) is 5.97 Å². The van der Waals surface area contributed by atoms with Gasteiger partial charge in [0.25, 0.3) is 0 Å². The number of carbonyl (C=O) groups excluding carboxylic acids is 1. The Labute approximate surface area is 113 Å². The van der Waals surface area contributed by atoms with Gasteiger partial charge in [0.1, 0.15) is 23.5 Å². The van der Waals surface area contributed by atoms with Crippen LogP contribution in [0.15, 0.2) is 12.4 Å². The third kappa shape index (κ3) is 3.13. The summed E-state index contributed by atoms with van der Waals surface area (Å²) in [5.74, 6) is 1.21. The van der Waals surface area contributed by atoms with Crippen LogP contribution in [0.3, 0.4) is 0 Å². The number of nitrogens with zero attached hydrogens (tertiary/aromatic N) is 3. The standard InChI is InChI=1S/C13H20N4O2/c1-13(2,12(18)19-3)16-10-8-11(15-9-14-10)17-6-4-5-7-17/h8-9H,4-7H2,1-3H3,(H,14,15,16). The molecule has 0 bridgehead atoms. The summed E-state index contributed by atoms with van der Waals surface area (Å²) in [6.45, 7) is 5.57. The Kier molecular flexibility index (Phi) is 3.87. The third-order valence-corrected chi connectivity index (χ3v) is 3.22. The number of anilines is 2. The summed E-state index contributed by atoms with van der Waals surface area (Å²) in [5.41, 5.74) is -0.814. The van der Waals surface area contributed by atoms with Gasteiger partial charge in [0.05, 0.1) is 7.11 Å². The number of rotatable bonds is 4. The topological polar surface area (TPSA) is 67.3 Å². The highest BCUT2D eigenvalue weighted by molar-refractivity contribution is 5.83. The Bertz CT molecular complexity index is 456. The van der Waals surface area contributed by atoms with E-state index in [4.69, 9.17) is 4.74 Å². The van der Waals surface area contributed by atoms with Gasteiger partial charge < -0.3 is 15.0 Å². The van der Waals surface area contributed by atoms with Gasteiger partial charge in [0, 0.05) is 19.2 Å². The summed E-state index contributed by atoms with van der Waals surface area (Å²) in [4.78, 5) is 22.3. The highest BCUT2D eigenvalue weighted by atomic mass is 16.5. The molecular formula is C13H20N4O2. The molecule has 0 spiro atoms. The summed E-state index contributed by atoms with van der Waals surface area (Å²) in [6.07, 6.45) is 3.91. The monoisotopic (exact) mass is 264 g/mol. The van der Waals surface area contributed by atoms with E-state index in [0.29, 0.717) is 5.82 Å². The second kappa shape index (κ2) is 5.42. The molecule has 0 radical (unpaired) electrons. The van der Waals surface area contributed by atoms with Gasteiger partial charge in [0.15, 0.2) is 0 Å². The molecule has 1 aromatic rings. The van der Waals surface area contributed by atoms with Crippen molar-refractivity contribution in [1.29, 1.82) is 0 Å². The summed E-state index contributed by atoms with van der Waals surface area (Å²) < 4.78 is 4.76. The second-order valence-electron chi connectivity index (χ2n) is 5.20. The second-order valence-corrected chi connectivity index (χ2v) is 5.20. The van der Waals surface area contributed by atoms with E-state index in [2.05, 4.69) is 20.2 Å². The first-order chi connectivity index (χ1) is 9.03. The summed E-state index contributed by atoms with van der Waals surface area (Å²) in [7, 11) is 1.38. The summed E-state index contributed by atoms with van der Waals surface area (Å²) >= 11 is 0. The fraction of sp³-hybridized carbons (Fsp3) is 0.615. The van der Waals surface area contributed by atoms with E-state index in [9.17, 15) is 4.79 Å². The van der Waals surface area contributed by atoms with Crippen LogP contribution in [0.25, 0.3) is 0 Å². The van der Waals surface area contributed by atoms with Crippen LogP contribution in [-0.4, -0.2) is 41.7 Å².